The van der Waals surface area contributed by atoms with Crippen molar-refractivity contribution in [2.45, 2.75) is 6.42 Å². The number of amides is 1. The molecule has 2 aromatic rings. The quantitative estimate of drug-likeness (QED) is 0.839. The molecule has 4 heteroatoms. The van der Waals surface area contributed by atoms with Gasteiger partial charge in [-0.3, -0.25) is 4.79 Å². The van der Waals surface area contributed by atoms with Gasteiger partial charge in [-0.2, -0.15) is 0 Å². The molecule has 0 spiro atoms. The number of carbonyl (C=O) groups excluding carboxylic acids is 1. The van der Waals surface area contributed by atoms with Gasteiger partial charge >= 0.3 is 0 Å². The number of rotatable bonds is 4. The Hall–Kier alpha value is -1.81. The van der Waals surface area contributed by atoms with Crippen molar-refractivity contribution in [2.24, 2.45) is 5.73 Å². The molecule has 1 heterocycles. The highest BCUT2D eigenvalue weighted by Crippen LogP contribution is 2.15. The van der Waals surface area contributed by atoms with Crippen molar-refractivity contribution in [1.29, 1.82) is 0 Å². The van der Waals surface area contributed by atoms with Crippen molar-refractivity contribution in [3.05, 3.63) is 36.0 Å². The van der Waals surface area contributed by atoms with Crippen LogP contribution in [0.15, 0.2) is 30.5 Å². The highest BCUT2D eigenvalue weighted by Gasteiger charge is 2.11. The first kappa shape index (κ1) is 11.7. The molecular weight excluding hydrogens is 214 g/mol. The van der Waals surface area contributed by atoms with Crippen molar-refractivity contribution in [1.82, 2.24) is 9.88 Å². The number of hydrogen-bond donors (Lipinski definition) is 2. The summed E-state index contributed by atoms with van der Waals surface area (Å²) in [5.74, 6) is 0.0431. The van der Waals surface area contributed by atoms with Gasteiger partial charge in [-0.15, -0.1) is 0 Å². The van der Waals surface area contributed by atoms with Crippen LogP contribution in [0, 0.1) is 0 Å². The van der Waals surface area contributed by atoms with E-state index in [2.05, 4.69) is 4.98 Å². The second-order valence-electron chi connectivity index (χ2n) is 4.15. The highest BCUT2D eigenvalue weighted by molar-refractivity contribution is 5.97. The zero-order valence-electron chi connectivity index (χ0n) is 9.94. The van der Waals surface area contributed by atoms with Crippen molar-refractivity contribution < 1.29 is 4.79 Å². The standard InChI is InChI=1S/C13H17N3O/c1-16(8-2-6-14)13(17)11-3-4-12-10(9-11)5-7-15-12/h3-5,7,9,15H,2,6,8,14H2,1H3. The van der Waals surface area contributed by atoms with Gasteiger partial charge in [0.2, 0.25) is 0 Å². The monoisotopic (exact) mass is 231 g/mol. The molecule has 1 aromatic heterocycles. The van der Waals surface area contributed by atoms with Gasteiger partial charge in [0.1, 0.15) is 0 Å². The summed E-state index contributed by atoms with van der Waals surface area (Å²) in [6.45, 7) is 1.30. The number of carbonyl (C=O) groups is 1. The third-order valence-electron chi connectivity index (χ3n) is 2.84. The summed E-state index contributed by atoms with van der Waals surface area (Å²) in [5, 5.41) is 1.06. The SMILES string of the molecule is CN(CCCN)C(=O)c1ccc2[nH]ccc2c1. The van der Waals surface area contributed by atoms with Crippen LogP contribution in [0.1, 0.15) is 16.8 Å². The molecule has 1 amide bonds. The molecule has 4 nitrogen and oxygen atoms in total. The van der Waals surface area contributed by atoms with Crippen molar-refractivity contribution in [3.8, 4) is 0 Å². The van der Waals surface area contributed by atoms with E-state index in [4.69, 9.17) is 5.73 Å². The Morgan fingerprint density at radius 2 is 2.24 bits per heavy atom. The largest absolute Gasteiger partial charge is 0.361 e. The van der Waals surface area contributed by atoms with E-state index in [1.54, 1.807) is 11.9 Å². The van der Waals surface area contributed by atoms with E-state index in [0.717, 1.165) is 22.9 Å². The van der Waals surface area contributed by atoms with Crippen molar-refractivity contribution >= 4 is 16.8 Å². The lowest BCUT2D eigenvalue weighted by Crippen LogP contribution is -2.28. The lowest BCUT2D eigenvalue weighted by molar-refractivity contribution is 0.0794. The topological polar surface area (TPSA) is 62.1 Å². The van der Waals surface area contributed by atoms with Crippen LogP contribution >= 0.6 is 0 Å². The van der Waals surface area contributed by atoms with Crippen LogP contribution in [0.5, 0.6) is 0 Å². The van der Waals surface area contributed by atoms with E-state index in [9.17, 15) is 4.79 Å². The molecule has 0 bridgehead atoms. The van der Waals surface area contributed by atoms with Gasteiger partial charge in [0.25, 0.3) is 5.91 Å². The minimum atomic E-state index is 0.0431. The van der Waals surface area contributed by atoms with E-state index in [1.807, 2.05) is 30.5 Å². The summed E-state index contributed by atoms with van der Waals surface area (Å²) >= 11 is 0. The first-order chi connectivity index (χ1) is 8.22. The summed E-state index contributed by atoms with van der Waals surface area (Å²) in [4.78, 5) is 16.9. The van der Waals surface area contributed by atoms with Crippen LogP contribution in [0.3, 0.4) is 0 Å². The molecule has 0 radical (unpaired) electrons. The smallest absolute Gasteiger partial charge is 0.253 e. The Labute approximate surface area is 100 Å². The highest BCUT2D eigenvalue weighted by atomic mass is 16.2. The molecule has 0 aliphatic rings. The Bertz CT molecular complexity index is 518. The summed E-state index contributed by atoms with van der Waals surface area (Å²) in [6.07, 6.45) is 2.70. The number of nitrogens with zero attached hydrogens (tertiary/aromatic N) is 1. The molecule has 0 fully saturated rings. The van der Waals surface area contributed by atoms with Gasteiger partial charge < -0.3 is 15.6 Å². The van der Waals surface area contributed by atoms with Crippen molar-refractivity contribution in [2.75, 3.05) is 20.1 Å². The Balaban J connectivity index is 2.17. The normalized spacial score (nSPS) is 10.7. The fourth-order valence-corrected chi connectivity index (χ4v) is 1.84. The summed E-state index contributed by atoms with van der Waals surface area (Å²) in [7, 11) is 1.80. The van der Waals surface area contributed by atoms with Gasteiger partial charge in [0, 0.05) is 36.3 Å². The number of nitrogens with one attached hydrogen (secondary N) is 1. The van der Waals surface area contributed by atoms with E-state index in [1.165, 1.54) is 0 Å². The predicted octanol–water partition coefficient (Wildman–Crippen LogP) is 1.59. The number of fused-ring (bicyclic) bond motifs is 1. The van der Waals surface area contributed by atoms with E-state index < -0.39 is 0 Å². The lowest BCUT2D eigenvalue weighted by Gasteiger charge is -2.16. The zero-order chi connectivity index (χ0) is 12.3. The number of aromatic nitrogens is 1. The maximum absolute atomic E-state index is 12.1. The fourth-order valence-electron chi connectivity index (χ4n) is 1.84. The van der Waals surface area contributed by atoms with Crippen molar-refractivity contribution in [3.63, 3.8) is 0 Å². The molecular formula is C13H17N3O. The van der Waals surface area contributed by atoms with E-state index >= 15 is 0 Å². The van der Waals surface area contributed by atoms with Gasteiger partial charge in [-0.1, -0.05) is 0 Å². The minimum Gasteiger partial charge on any atom is -0.361 e. The molecule has 2 rings (SSSR count). The van der Waals surface area contributed by atoms with E-state index in [0.29, 0.717) is 13.1 Å². The Morgan fingerprint density at radius 1 is 1.41 bits per heavy atom. The van der Waals surface area contributed by atoms with Crippen LogP contribution in [0.25, 0.3) is 10.9 Å². The predicted molar refractivity (Wildman–Crippen MR) is 68.9 cm³/mol. The molecule has 90 valence electrons. The number of nitrogens with two attached hydrogens (primary N) is 1. The van der Waals surface area contributed by atoms with Gasteiger partial charge in [-0.25, -0.2) is 0 Å². The average Bonchev–Trinajstić information content (AvgIpc) is 2.81. The third-order valence-corrected chi connectivity index (χ3v) is 2.84. The van der Waals surface area contributed by atoms with Crippen LogP contribution in [-0.4, -0.2) is 35.9 Å². The van der Waals surface area contributed by atoms with Crippen LogP contribution < -0.4 is 5.73 Å². The Morgan fingerprint density at radius 3 is 3.00 bits per heavy atom. The van der Waals surface area contributed by atoms with Crippen LogP contribution in [0.2, 0.25) is 0 Å². The second-order valence-corrected chi connectivity index (χ2v) is 4.15. The zero-order valence-corrected chi connectivity index (χ0v) is 9.94. The van der Waals surface area contributed by atoms with Crippen LogP contribution in [-0.2, 0) is 0 Å². The summed E-state index contributed by atoms with van der Waals surface area (Å²) in [6, 6.07) is 7.65. The molecule has 0 aliphatic heterocycles. The molecule has 0 saturated carbocycles. The molecule has 0 unspecified atom stereocenters. The summed E-state index contributed by atoms with van der Waals surface area (Å²) < 4.78 is 0. The first-order valence-electron chi connectivity index (χ1n) is 5.75. The number of hydrogen-bond acceptors (Lipinski definition) is 2. The van der Waals surface area contributed by atoms with Gasteiger partial charge in [0.15, 0.2) is 0 Å². The van der Waals surface area contributed by atoms with Crippen LogP contribution in [0.4, 0.5) is 0 Å². The molecule has 1 aromatic carbocycles. The maximum Gasteiger partial charge on any atom is 0.253 e. The first-order valence-corrected chi connectivity index (χ1v) is 5.75. The lowest BCUT2D eigenvalue weighted by atomic mass is 10.1. The molecule has 0 saturated heterocycles. The molecule has 0 atom stereocenters. The number of H-pyrrole nitrogens is 1. The minimum absolute atomic E-state index is 0.0431. The summed E-state index contributed by atoms with van der Waals surface area (Å²) in [5.41, 5.74) is 7.20. The fraction of sp³-hybridized carbons (Fsp3) is 0.308. The van der Waals surface area contributed by atoms with E-state index in [-0.39, 0.29) is 5.91 Å². The maximum atomic E-state index is 12.1. The molecule has 0 aliphatic carbocycles. The third kappa shape index (κ3) is 2.47. The second kappa shape index (κ2) is 5.01. The molecule has 17 heavy (non-hydrogen) atoms. The van der Waals surface area contributed by atoms with Gasteiger partial charge in [0.05, 0.1) is 0 Å². The Kier molecular flexibility index (Phi) is 3.44. The van der Waals surface area contributed by atoms with Gasteiger partial charge in [-0.05, 0) is 37.2 Å². The molecule has 3 N–H and O–H groups in total. The number of aromatic amines is 1. The average molecular weight is 231 g/mol. The number of benzene rings is 1.